The van der Waals surface area contributed by atoms with Crippen molar-refractivity contribution in [3.8, 4) is 0 Å². The molecule has 1 rings (SSSR count). The molecule has 0 aliphatic heterocycles. The number of hydrogen-bond donors (Lipinski definition) is 1. The van der Waals surface area contributed by atoms with Gasteiger partial charge in [0, 0.05) is 19.2 Å². The van der Waals surface area contributed by atoms with E-state index in [0.717, 1.165) is 19.8 Å². The van der Waals surface area contributed by atoms with Crippen LogP contribution in [0.1, 0.15) is 31.0 Å². The maximum Gasteiger partial charge on any atom is 0.0590 e. The molecule has 0 aliphatic rings. The first kappa shape index (κ1) is 12.2. The molecule has 1 unspecified atom stereocenters. The monoisotopic (exact) mass is 207 g/mol. The quantitative estimate of drug-likeness (QED) is 0.724. The van der Waals surface area contributed by atoms with E-state index in [0.29, 0.717) is 6.04 Å². The van der Waals surface area contributed by atoms with Crippen molar-refractivity contribution >= 4 is 0 Å². The van der Waals surface area contributed by atoms with Crippen molar-refractivity contribution in [1.82, 2.24) is 5.32 Å². The number of hydrogen-bond acceptors (Lipinski definition) is 2. The molecule has 0 heterocycles. The highest BCUT2D eigenvalue weighted by Crippen LogP contribution is 2.12. The van der Waals surface area contributed by atoms with Crippen LogP contribution in [0.5, 0.6) is 0 Å². The second-order valence-corrected chi connectivity index (χ2v) is 3.78. The highest BCUT2D eigenvalue weighted by atomic mass is 16.5. The average molecular weight is 207 g/mol. The van der Waals surface area contributed by atoms with Crippen molar-refractivity contribution < 1.29 is 4.74 Å². The van der Waals surface area contributed by atoms with Gasteiger partial charge in [-0.25, -0.2) is 0 Å². The first-order chi connectivity index (χ1) is 7.24. The first-order valence-electron chi connectivity index (χ1n) is 5.61. The Bertz CT molecular complexity index is 268. The first-order valence-corrected chi connectivity index (χ1v) is 5.61. The van der Waals surface area contributed by atoms with E-state index in [1.165, 1.54) is 11.1 Å². The van der Waals surface area contributed by atoms with Crippen LogP contribution in [-0.4, -0.2) is 19.8 Å². The minimum absolute atomic E-state index is 0.394. The van der Waals surface area contributed by atoms with E-state index in [9.17, 15) is 0 Å². The Hall–Kier alpha value is -0.860. The summed E-state index contributed by atoms with van der Waals surface area (Å²) >= 11 is 0. The second-order valence-electron chi connectivity index (χ2n) is 3.78. The smallest absolute Gasteiger partial charge is 0.0590 e. The van der Waals surface area contributed by atoms with Crippen LogP contribution in [0.3, 0.4) is 0 Å². The van der Waals surface area contributed by atoms with Crippen LogP contribution in [0.4, 0.5) is 0 Å². The number of rotatable bonds is 6. The Kier molecular flexibility index (Phi) is 5.37. The molecule has 0 fully saturated rings. The predicted octanol–water partition coefficient (Wildman–Crippen LogP) is 2.68. The SMILES string of the molecule is CCOCCNC(C)c1ccc(C)cc1. The molecule has 0 bridgehead atoms. The normalized spacial score (nSPS) is 12.7. The third-order valence-corrected chi connectivity index (χ3v) is 2.48. The second kappa shape index (κ2) is 6.59. The molecule has 2 nitrogen and oxygen atoms in total. The molecule has 1 aromatic carbocycles. The lowest BCUT2D eigenvalue weighted by atomic mass is 10.1. The summed E-state index contributed by atoms with van der Waals surface area (Å²) in [5.41, 5.74) is 2.64. The van der Waals surface area contributed by atoms with Gasteiger partial charge in [0.05, 0.1) is 6.61 Å². The largest absolute Gasteiger partial charge is 0.380 e. The molecular formula is C13H21NO. The van der Waals surface area contributed by atoms with Gasteiger partial charge in [-0.1, -0.05) is 29.8 Å². The maximum absolute atomic E-state index is 5.28. The summed E-state index contributed by atoms with van der Waals surface area (Å²) in [4.78, 5) is 0. The summed E-state index contributed by atoms with van der Waals surface area (Å²) in [7, 11) is 0. The van der Waals surface area contributed by atoms with Crippen molar-refractivity contribution in [2.24, 2.45) is 0 Å². The van der Waals surface area contributed by atoms with E-state index in [1.807, 2.05) is 6.92 Å². The van der Waals surface area contributed by atoms with E-state index in [2.05, 4.69) is 43.4 Å². The minimum atomic E-state index is 0.394. The molecule has 0 aliphatic carbocycles. The summed E-state index contributed by atoms with van der Waals surface area (Å²) in [5.74, 6) is 0. The standard InChI is InChI=1S/C13H21NO/c1-4-15-10-9-14-12(3)13-7-5-11(2)6-8-13/h5-8,12,14H,4,9-10H2,1-3H3. The number of benzene rings is 1. The molecule has 0 saturated carbocycles. The lowest BCUT2D eigenvalue weighted by Crippen LogP contribution is -2.23. The molecule has 15 heavy (non-hydrogen) atoms. The molecule has 0 saturated heterocycles. The maximum atomic E-state index is 5.28. The van der Waals surface area contributed by atoms with Crippen LogP contribution in [0, 0.1) is 6.92 Å². The van der Waals surface area contributed by atoms with Crippen LogP contribution in [0.15, 0.2) is 24.3 Å². The number of nitrogens with one attached hydrogen (secondary N) is 1. The van der Waals surface area contributed by atoms with Crippen LogP contribution < -0.4 is 5.32 Å². The van der Waals surface area contributed by atoms with Gasteiger partial charge in [-0.15, -0.1) is 0 Å². The average Bonchev–Trinajstić information content (AvgIpc) is 2.25. The zero-order valence-electron chi connectivity index (χ0n) is 9.92. The summed E-state index contributed by atoms with van der Waals surface area (Å²) in [5, 5.41) is 3.43. The molecule has 2 heteroatoms. The third-order valence-electron chi connectivity index (χ3n) is 2.48. The van der Waals surface area contributed by atoms with Crippen molar-refractivity contribution in [2.75, 3.05) is 19.8 Å². The number of ether oxygens (including phenoxy) is 1. The van der Waals surface area contributed by atoms with Crippen molar-refractivity contribution in [3.63, 3.8) is 0 Å². The Labute approximate surface area is 92.6 Å². The summed E-state index contributed by atoms with van der Waals surface area (Å²) in [6.45, 7) is 8.78. The van der Waals surface area contributed by atoms with Gasteiger partial charge in [0.1, 0.15) is 0 Å². The zero-order chi connectivity index (χ0) is 11.1. The fraction of sp³-hybridized carbons (Fsp3) is 0.538. The lowest BCUT2D eigenvalue weighted by molar-refractivity contribution is 0.147. The molecule has 1 aromatic rings. The third kappa shape index (κ3) is 4.45. The van der Waals surface area contributed by atoms with E-state index >= 15 is 0 Å². The van der Waals surface area contributed by atoms with E-state index in [4.69, 9.17) is 4.74 Å². The Morgan fingerprint density at radius 2 is 1.93 bits per heavy atom. The zero-order valence-corrected chi connectivity index (χ0v) is 9.92. The highest BCUT2D eigenvalue weighted by molar-refractivity contribution is 5.23. The van der Waals surface area contributed by atoms with Crippen LogP contribution in [-0.2, 0) is 4.74 Å². The van der Waals surface area contributed by atoms with Crippen LogP contribution in [0.2, 0.25) is 0 Å². The number of aryl methyl sites for hydroxylation is 1. The molecule has 1 atom stereocenters. The molecule has 0 spiro atoms. The fourth-order valence-electron chi connectivity index (χ4n) is 1.46. The summed E-state index contributed by atoms with van der Waals surface area (Å²) < 4.78 is 5.28. The highest BCUT2D eigenvalue weighted by Gasteiger charge is 2.02. The molecule has 0 aromatic heterocycles. The van der Waals surface area contributed by atoms with Gasteiger partial charge in [-0.05, 0) is 26.3 Å². The van der Waals surface area contributed by atoms with Crippen LogP contribution >= 0.6 is 0 Å². The fourth-order valence-corrected chi connectivity index (χ4v) is 1.46. The van der Waals surface area contributed by atoms with Crippen molar-refractivity contribution in [3.05, 3.63) is 35.4 Å². The van der Waals surface area contributed by atoms with Gasteiger partial charge in [-0.3, -0.25) is 0 Å². The van der Waals surface area contributed by atoms with Gasteiger partial charge in [0.2, 0.25) is 0 Å². The van der Waals surface area contributed by atoms with Gasteiger partial charge in [0.25, 0.3) is 0 Å². The van der Waals surface area contributed by atoms with Gasteiger partial charge < -0.3 is 10.1 Å². The molecule has 1 N–H and O–H groups in total. The van der Waals surface area contributed by atoms with Gasteiger partial charge in [0.15, 0.2) is 0 Å². The van der Waals surface area contributed by atoms with Gasteiger partial charge >= 0.3 is 0 Å². The van der Waals surface area contributed by atoms with Crippen LogP contribution in [0.25, 0.3) is 0 Å². The molecular weight excluding hydrogens is 186 g/mol. The summed E-state index contributed by atoms with van der Waals surface area (Å²) in [6.07, 6.45) is 0. The lowest BCUT2D eigenvalue weighted by Gasteiger charge is -2.14. The Morgan fingerprint density at radius 1 is 1.27 bits per heavy atom. The van der Waals surface area contributed by atoms with E-state index < -0.39 is 0 Å². The Balaban J connectivity index is 2.33. The van der Waals surface area contributed by atoms with Gasteiger partial charge in [-0.2, -0.15) is 0 Å². The van der Waals surface area contributed by atoms with E-state index in [1.54, 1.807) is 0 Å². The van der Waals surface area contributed by atoms with E-state index in [-0.39, 0.29) is 0 Å². The van der Waals surface area contributed by atoms with Crippen molar-refractivity contribution in [2.45, 2.75) is 26.8 Å². The molecule has 84 valence electrons. The minimum Gasteiger partial charge on any atom is -0.380 e. The molecule has 0 radical (unpaired) electrons. The topological polar surface area (TPSA) is 21.3 Å². The summed E-state index contributed by atoms with van der Waals surface area (Å²) in [6, 6.07) is 9.04. The van der Waals surface area contributed by atoms with Crippen molar-refractivity contribution in [1.29, 1.82) is 0 Å². The molecule has 0 amide bonds. The predicted molar refractivity (Wildman–Crippen MR) is 64.1 cm³/mol. The Morgan fingerprint density at radius 3 is 2.53 bits per heavy atom.